The summed E-state index contributed by atoms with van der Waals surface area (Å²) in [6.07, 6.45) is 16.5. The van der Waals surface area contributed by atoms with Crippen LogP contribution in [-0.4, -0.2) is 3.92 Å². The van der Waals surface area contributed by atoms with Gasteiger partial charge < -0.3 is 0 Å². The van der Waals surface area contributed by atoms with Crippen molar-refractivity contribution in [3.63, 3.8) is 0 Å². The van der Waals surface area contributed by atoms with Crippen molar-refractivity contribution in [2.45, 2.75) is 48.9 Å². The van der Waals surface area contributed by atoms with Gasteiger partial charge in [0.2, 0.25) is 0 Å². The van der Waals surface area contributed by atoms with E-state index >= 15 is 0 Å². The van der Waals surface area contributed by atoms with Gasteiger partial charge in [-0.2, -0.15) is 0 Å². The van der Waals surface area contributed by atoms with Crippen LogP contribution >= 0.6 is 22.6 Å². The largest absolute Gasteiger partial charge is 0.0848 e. The van der Waals surface area contributed by atoms with Crippen LogP contribution in [0.4, 0.5) is 0 Å². The van der Waals surface area contributed by atoms with Crippen molar-refractivity contribution in [1.29, 1.82) is 0 Å². The van der Waals surface area contributed by atoms with E-state index in [9.17, 15) is 0 Å². The predicted octanol–water partition coefficient (Wildman–Crippen LogP) is 5.57. The molecule has 1 heteroatoms. The second-order valence-electron chi connectivity index (χ2n) is 10.6. The molecular weight excluding hydrogens is 391 g/mol. The normalized spacial score (nSPS) is 69.9. The molecule has 6 fully saturated rings. The third-order valence-electron chi connectivity index (χ3n) is 10.3. The summed E-state index contributed by atoms with van der Waals surface area (Å²) in [6, 6.07) is 0. The first kappa shape index (κ1) is 13.6. The number of alkyl halides is 1. The standard InChI is InChI=1S/C22H29I/c23-14-4-3-10(6-14)15-7-13-8-16(15)22-18-9-17(21(13)22)19-11-1-2-12(5-11)20(18)19/h1-2,10-22H,3-9H2. The molecule has 13 atom stereocenters. The van der Waals surface area contributed by atoms with Crippen LogP contribution in [0.2, 0.25) is 0 Å². The first-order chi connectivity index (χ1) is 11.3. The summed E-state index contributed by atoms with van der Waals surface area (Å²) in [4.78, 5) is 0. The molecule has 13 unspecified atom stereocenters. The van der Waals surface area contributed by atoms with Crippen molar-refractivity contribution >= 4 is 22.6 Å². The highest BCUT2D eigenvalue weighted by molar-refractivity contribution is 14.1. The van der Waals surface area contributed by atoms with Crippen LogP contribution in [0.5, 0.6) is 0 Å². The molecule has 0 aromatic rings. The van der Waals surface area contributed by atoms with Crippen LogP contribution < -0.4 is 0 Å². The number of rotatable bonds is 1. The van der Waals surface area contributed by atoms with Gasteiger partial charge in [-0.3, -0.25) is 0 Å². The van der Waals surface area contributed by atoms with E-state index in [2.05, 4.69) is 34.7 Å². The van der Waals surface area contributed by atoms with Gasteiger partial charge in [0.15, 0.2) is 0 Å². The molecule has 23 heavy (non-hydrogen) atoms. The van der Waals surface area contributed by atoms with Gasteiger partial charge in [0.05, 0.1) is 0 Å². The van der Waals surface area contributed by atoms with E-state index in [1.165, 1.54) is 41.9 Å². The van der Waals surface area contributed by atoms with Crippen LogP contribution in [0.3, 0.4) is 0 Å². The van der Waals surface area contributed by atoms with Gasteiger partial charge in [-0.1, -0.05) is 34.7 Å². The Kier molecular flexibility index (Phi) is 2.62. The summed E-state index contributed by atoms with van der Waals surface area (Å²) in [6.45, 7) is 0. The summed E-state index contributed by atoms with van der Waals surface area (Å²) in [5.41, 5.74) is 0. The molecule has 0 radical (unpaired) electrons. The van der Waals surface area contributed by atoms with E-state index in [0.29, 0.717) is 0 Å². The van der Waals surface area contributed by atoms with Gasteiger partial charge in [-0.05, 0) is 116 Å². The van der Waals surface area contributed by atoms with Crippen molar-refractivity contribution in [3.05, 3.63) is 12.2 Å². The molecule has 7 aliphatic rings. The van der Waals surface area contributed by atoms with Gasteiger partial charge in [-0.15, -0.1) is 0 Å². The van der Waals surface area contributed by atoms with Crippen LogP contribution in [0, 0.1) is 71.0 Å². The molecular formula is C22H29I. The molecule has 124 valence electrons. The van der Waals surface area contributed by atoms with E-state index in [0.717, 1.165) is 39.4 Å². The molecule has 0 nitrogen and oxygen atoms in total. The lowest BCUT2D eigenvalue weighted by Crippen LogP contribution is -2.42. The summed E-state index contributed by atoms with van der Waals surface area (Å²) in [7, 11) is 0. The molecule has 7 rings (SSSR count). The lowest BCUT2D eigenvalue weighted by molar-refractivity contribution is 0.0160. The Balaban J connectivity index is 1.22. The van der Waals surface area contributed by atoms with Gasteiger partial charge in [0.1, 0.15) is 0 Å². The predicted molar refractivity (Wildman–Crippen MR) is 101 cm³/mol. The summed E-state index contributed by atoms with van der Waals surface area (Å²) >= 11 is 2.74. The average molecular weight is 420 g/mol. The van der Waals surface area contributed by atoms with E-state index in [-0.39, 0.29) is 0 Å². The lowest BCUT2D eigenvalue weighted by Gasteiger charge is -2.47. The molecule has 0 aliphatic heterocycles. The first-order valence-electron chi connectivity index (χ1n) is 10.6. The Morgan fingerprint density at radius 2 is 1.30 bits per heavy atom. The third-order valence-corrected chi connectivity index (χ3v) is 11.4. The molecule has 0 amide bonds. The Morgan fingerprint density at radius 3 is 2.04 bits per heavy atom. The Labute approximate surface area is 154 Å². The maximum Gasteiger partial charge on any atom is 0.0112 e. The zero-order chi connectivity index (χ0) is 14.9. The van der Waals surface area contributed by atoms with Crippen LogP contribution in [-0.2, 0) is 0 Å². The summed E-state index contributed by atoms with van der Waals surface area (Å²) in [5, 5.41) is 0. The highest BCUT2D eigenvalue weighted by Crippen LogP contribution is 2.77. The van der Waals surface area contributed by atoms with Crippen molar-refractivity contribution in [1.82, 2.24) is 0 Å². The molecule has 0 heterocycles. The number of hydrogen-bond donors (Lipinski definition) is 0. The van der Waals surface area contributed by atoms with E-state index in [1.807, 2.05) is 0 Å². The van der Waals surface area contributed by atoms with Gasteiger partial charge in [0, 0.05) is 3.92 Å². The van der Waals surface area contributed by atoms with Crippen LogP contribution in [0.1, 0.15) is 44.9 Å². The smallest absolute Gasteiger partial charge is 0.0112 e. The number of fused-ring (bicyclic) bond motifs is 16. The molecule has 0 aromatic heterocycles. The maximum atomic E-state index is 2.74. The topological polar surface area (TPSA) is 0 Å². The molecule has 7 aliphatic carbocycles. The second kappa shape index (κ2) is 4.41. The minimum Gasteiger partial charge on any atom is -0.0848 e. The fourth-order valence-corrected chi connectivity index (χ4v) is 11.2. The van der Waals surface area contributed by atoms with E-state index in [4.69, 9.17) is 0 Å². The van der Waals surface area contributed by atoms with Crippen molar-refractivity contribution in [2.24, 2.45) is 71.0 Å². The monoisotopic (exact) mass is 420 g/mol. The second-order valence-corrected chi connectivity index (χ2v) is 12.3. The number of halogens is 1. The van der Waals surface area contributed by atoms with Gasteiger partial charge in [0.25, 0.3) is 0 Å². The van der Waals surface area contributed by atoms with Gasteiger partial charge >= 0.3 is 0 Å². The van der Waals surface area contributed by atoms with Crippen molar-refractivity contribution in [2.75, 3.05) is 0 Å². The SMILES string of the molecule is IC1CCC(C2CC3CC2C2C4CC(C5C6C=CC(C6)C45)C32)C1. The van der Waals surface area contributed by atoms with Gasteiger partial charge in [-0.25, -0.2) is 0 Å². The quantitative estimate of drug-likeness (QED) is 0.225. The van der Waals surface area contributed by atoms with E-state index in [1.54, 1.807) is 38.5 Å². The molecule has 0 aromatic carbocycles. The van der Waals surface area contributed by atoms with E-state index < -0.39 is 0 Å². The molecule has 0 spiro atoms. The number of allylic oxidation sites excluding steroid dienone is 2. The minimum absolute atomic E-state index is 1.01. The molecule has 0 saturated heterocycles. The minimum atomic E-state index is 1.01. The zero-order valence-corrected chi connectivity index (χ0v) is 16.1. The molecule has 6 saturated carbocycles. The maximum absolute atomic E-state index is 2.74. The highest BCUT2D eigenvalue weighted by Gasteiger charge is 2.71. The van der Waals surface area contributed by atoms with Crippen LogP contribution in [0.25, 0.3) is 0 Å². The highest BCUT2D eigenvalue weighted by atomic mass is 127. The summed E-state index contributed by atoms with van der Waals surface area (Å²) in [5.74, 6) is 13.7. The average Bonchev–Trinajstić information content (AvgIpc) is 3.31. The molecule has 6 bridgehead atoms. The fraction of sp³-hybridized carbons (Fsp3) is 0.909. The summed E-state index contributed by atoms with van der Waals surface area (Å²) < 4.78 is 1.01. The Morgan fingerprint density at radius 1 is 0.565 bits per heavy atom. The Hall–Kier alpha value is 0.470. The number of hydrogen-bond acceptors (Lipinski definition) is 0. The van der Waals surface area contributed by atoms with Crippen LogP contribution in [0.15, 0.2) is 12.2 Å². The third kappa shape index (κ3) is 1.53. The van der Waals surface area contributed by atoms with Crippen molar-refractivity contribution < 1.29 is 0 Å². The first-order valence-corrected chi connectivity index (χ1v) is 11.9. The molecule has 0 N–H and O–H groups in total. The zero-order valence-electron chi connectivity index (χ0n) is 14.0. The van der Waals surface area contributed by atoms with Crippen molar-refractivity contribution in [3.8, 4) is 0 Å². The fourth-order valence-electron chi connectivity index (χ4n) is 10.2. The lowest BCUT2D eigenvalue weighted by atomic mass is 9.58. The Bertz CT molecular complexity index is 581.